The summed E-state index contributed by atoms with van der Waals surface area (Å²) in [5.74, 6) is -0.317. The summed E-state index contributed by atoms with van der Waals surface area (Å²) in [5, 5.41) is 18.4. The number of aromatic amines is 1. The third-order valence-electron chi connectivity index (χ3n) is 3.05. The van der Waals surface area contributed by atoms with Crippen LogP contribution in [-0.4, -0.2) is 21.1 Å². The highest BCUT2D eigenvalue weighted by molar-refractivity contribution is 6.03. The summed E-state index contributed by atoms with van der Waals surface area (Å²) >= 11 is 0. The second-order valence-corrected chi connectivity index (χ2v) is 4.55. The molecule has 106 valence electrons. The maximum atomic E-state index is 12.2. The summed E-state index contributed by atoms with van der Waals surface area (Å²) in [6.07, 6.45) is 3.33. The van der Waals surface area contributed by atoms with Crippen LogP contribution in [0, 0.1) is 11.3 Å². The maximum Gasteiger partial charge on any atom is 0.273 e. The Kier molecular flexibility index (Phi) is 3.62. The van der Waals surface area contributed by atoms with Gasteiger partial charge in [-0.3, -0.25) is 14.9 Å². The van der Waals surface area contributed by atoms with E-state index in [9.17, 15) is 4.79 Å². The first-order valence-corrected chi connectivity index (χ1v) is 6.53. The van der Waals surface area contributed by atoms with E-state index in [1.807, 2.05) is 18.2 Å². The number of carbonyl (C=O) groups excluding carboxylic acids is 1. The van der Waals surface area contributed by atoms with Gasteiger partial charge in [0.1, 0.15) is 5.69 Å². The van der Waals surface area contributed by atoms with Gasteiger partial charge < -0.3 is 5.32 Å². The van der Waals surface area contributed by atoms with Gasteiger partial charge in [0.25, 0.3) is 5.91 Å². The lowest BCUT2D eigenvalue weighted by Gasteiger charge is -2.03. The van der Waals surface area contributed by atoms with Crippen LogP contribution in [0.25, 0.3) is 11.3 Å². The first kappa shape index (κ1) is 13.5. The average Bonchev–Trinajstić information content (AvgIpc) is 3.06. The van der Waals surface area contributed by atoms with E-state index in [4.69, 9.17) is 5.26 Å². The molecule has 0 aliphatic heterocycles. The summed E-state index contributed by atoms with van der Waals surface area (Å²) in [7, 11) is 0. The fraction of sp³-hybridized carbons (Fsp3) is 0. The van der Waals surface area contributed by atoms with Gasteiger partial charge in [-0.1, -0.05) is 6.07 Å². The Morgan fingerprint density at radius 3 is 2.77 bits per heavy atom. The Bertz CT molecular complexity index is 848. The molecule has 22 heavy (non-hydrogen) atoms. The monoisotopic (exact) mass is 289 g/mol. The van der Waals surface area contributed by atoms with Gasteiger partial charge in [0.15, 0.2) is 0 Å². The number of nitrogens with one attached hydrogen (secondary N) is 2. The van der Waals surface area contributed by atoms with E-state index >= 15 is 0 Å². The van der Waals surface area contributed by atoms with Crippen LogP contribution < -0.4 is 5.32 Å². The van der Waals surface area contributed by atoms with Crippen molar-refractivity contribution in [3.8, 4) is 17.3 Å². The van der Waals surface area contributed by atoms with Crippen molar-refractivity contribution < 1.29 is 4.79 Å². The Balaban J connectivity index is 1.79. The summed E-state index contributed by atoms with van der Waals surface area (Å²) in [4.78, 5) is 16.1. The molecule has 1 amide bonds. The quantitative estimate of drug-likeness (QED) is 0.774. The van der Waals surface area contributed by atoms with Crippen LogP contribution >= 0.6 is 0 Å². The molecule has 3 rings (SSSR count). The van der Waals surface area contributed by atoms with E-state index in [-0.39, 0.29) is 5.91 Å². The number of hydrogen-bond donors (Lipinski definition) is 2. The van der Waals surface area contributed by atoms with Gasteiger partial charge in [0.05, 0.1) is 17.3 Å². The number of nitrogens with zero attached hydrogens (tertiary/aromatic N) is 3. The zero-order valence-corrected chi connectivity index (χ0v) is 11.4. The third kappa shape index (κ3) is 2.83. The van der Waals surface area contributed by atoms with Gasteiger partial charge in [-0.15, -0.1) is 0 Å². The molecule has 0 bridgehead atoms. The van der Waals surface area contributed by atoms with Crippen LogP contribution in [0.1, 0.15) is 16.1 Å². The van der Waals surface area contributed by atoms with Crippen molar-refractivity contribution in [3.63, 3.8) is 0 Å². The van der Waals surface area contributed by atoms with E-state index in [1.165, 1.54) is 0 Å². The summed E-state index contributed by atoms with van der Waals surface area (Å²) < 4.78 is 0. The van der Waals surface area contributed by atoms with Gasteiger partial charge in [-0.2, -0.15) is 10.4 Å². The van der Waals surface area contributed by atoms with Crippen molar-refractivity contribution in [2.75, 3.05) is 5.32 Å². The summed E-state index contributed by atoms with van der Waals surface area (Å²) in [5.41, 5.74) is 2.92. The van der Waals surface area contributed by atoms with Crippen molar-refractivity contribution >= 4 is 11.6 Å². The first-order chi connectivity index (χ1) is 10.8. The molecular formula is C16H11N5O. The zero-order chi connectivity index (χ0) is 15.4. The molecule has 0 atom stereocenters. The smallest absolute Gasteiger partial charge is 0.273 e. The first-order valence-electron chi connectivity index (χ1n) is 6.53. The van der Waals surface area contributed by atoms with E-state index in [0.717, 1.165) is 5.56 Å². The fourth-order valence-electron chi connectivity index (χ4n) is 1.97. The Labute approximate surface area is 126 Å². The molecule has 3 aromatic rings. The van der Waals surface area contributed by atoms with E-state index in [0.29, 0.717) is 22.6 Å². The second kappa shape index (κ2) is 5.89. The van der Waals surface area contributed by atoms with Crippen LogP contribution in [0.5, 0.6) is 0 Å². The number of amides is 1. The molecule has 0 aliphatic carbocycles. The number of aromatic nitrogens is 3. The van der Waals surface area contributed by atoms with E-state index in [2.05, 4.69) is 20.5 Å². The van der Waals surface area contributed by atoms with Gasteiger partial charge in [0.2, 0.25) is 0 Å². The lowest BCUT2D eigenvalue weighted by molar-refractivity contribution is 0.102. The van der Waals surface area contributed by atoms with Crippen LogP contribution in [0.4, 0.5) is 5.69 Å². The number of hydrogen-bond acceptors (Lipinski definition) is 4. The van der Waals surface area contributed by atoms with Crippen LogP contribution in [-0.2, 0) is 0 Å². The minimum absolute atomic E-state index is 0.317. The molecule has 2 N–H and O–H groups in total. The minimum atomic E-state index is -0.317. The maximum absolute atomic E-state index is 12.2. The van der Waals surface area contributed by atoms with Crippen LogP contribution in [0.15, 0.2) is 54.9 Å². The Morgan fingerprint density at radius 1 is 1.18 bits per heavy atom. The second-order valence-electron chi connectivity index (χ2n) is 4.55. The molecule has 0 saturated heterocycles. The standard InChI is InChI=1S/C16H11N5O/c17-10-11-2-1-3-13(8-11)19-16(22)15-9-14(20-21-15)12-4-6-18-7-5-12/h1-9H,(H,19,22)(H,20,21). The topological polar surface area (TPSA) is 94.5 Å². The van der Waals surface area contributed by atoms with Crippen LogP contribution in [0.3, 0.4) is 0 Å². The predicted molar refractivity (Wildman–Crippen MR) is 80.9 cm³/mol. The molecule has 0 saturated carbocycles. The highest BCUT2D eigenvalue weighted by Gasteiger charge is 2.11. The molecule has 0 aliphatic rings. The molecule has 0 spiro atoms. The molecule has 0 fully saturated rings. The number of benzene rings is 1. The van der Waals surface area contributed by atoms with Gasteiger partial charge in [0, 0.05) is 23.6 Å². The average molecular weight is 289 g/mol. The van der Waals surface area contributed by atoms with Crippen molar-refractivity contribution in [1.82, 2.24) is 15.2 Å². The van der Waals surface area contributed by atoms with Crippen LogP contribution in [0.2, 0.25) is 0 Å². The highest BCUT2D eigenvalue weighted by Crippen LogP contribution is 2.17. The van der Waals surface area contributed by atoms with Gasteiger partial charge >= 0.3 is 0 Å². The van der Waals surface area contributed by atoms with Crippen molar-refractivity contribution in [2.45, 2.75) is 0 Å². The molecule has 2 aromatic heterocycles. The third-order valence-corrected chi connectivity index (χ3v) is 3.05. The lowest BCUT2D eigenvalue weighted by atomic mass is 10.2. The number of anilines is 1. The Hall–Kier alpha value is -3.46. The lowest BCUT2D eigenvalue weighted by Crippen LogP contribution is -2.12. The van der Waals surface area contributed by atoms with Crippen molar-refractivity contribution in [3.05, 3.63) is 66.1 Å². The molecule has 0 unspecified atom stereocenters. The van der Waals surface area contributed by atoms with E-state index < -0.39 is 0 Å². The number of carbonyl (C=O) groups is 1. The van der Waals surface area contributed by atoms with Gasteiger partial charge in [-0.25, -0.2) is 0 Å². The molecular weight excluding hydrogens is 278 g/mol. The summed E-state index contributed by atoms with van der Waals surface area (Å²) in [6, 6.07) is 14.0. The molecule has 1 aromatic carbocycles. The molecule has 0 radical (unpaired) electrons. The zero-order valence-electron chi connectivity index (χ0n) is 11.4. The molecule has 2 heterocycles. The normalized spacial score (nSPS) is 9.95. The number of rotatable bonds is 3. The molecule has 6 heteroatoms. The predicted octanol–water partition coefficient (Wildman–Crippen LogP) is 2.60. The van der Waals surface area contributed by atoms with Gasteiger partial charge in [-0.05, 0) is 36.4 Å². The largest absolute Gasteiger partial charge is 0.321 e. The Morgan fingerprint density at radius 2 is 2.00 bits per heavy atom. The number of pyridine rings is 1. The number of nitriles is 1. The molecule has 6 nitrogen and oxygen atoms in total. The highest BCUT2D eigenvalue weighted by atomic mass is 16.1. The minimum Gasteiger partial charge on any atom is -0.321 e. The summed E-state index contributed by atoms with van der Waals surface area (Å²) in [6.45, 7) is 0. The number of H-pyrrole nitrogens is 1. The van der Waals surface area contributed by atoms with Crippen molar-refractivity contribution in [2.24, 2.45) is 0 Å². The fourth-order valence-corrected chi connectivity index (χ4v) is 1.97. The van der Waals surface area contributed by atoms with E-state index in [1.54, 1.807) is 42.7 Å². The SMILES string of the molecule is N#Cc1cccc(NC(=O)c2cc(-c3ccncc3)n[nH]2)c1. The van der Waals surface area contributed by atoms with Crippen molar-refractivity contribution in [1.29, 1.82) is 5.26 Å².